The monoisotopic (exact) mass is 184 g/mol. The average molecular weight is 184 g/mol. The van der Waals surface area contributed by atoms with E-state index in [-0.39, 0.29) is 0 Å². The number of rotatable bonds is 3. The van der Waals surface area contributed by atoms with E-state index in [4.69, 9.17) is 4.74 Å². The largest absolute Gasteiger partial charge is 0.496 e. The van der Waals surface area contributed by atoms with Crippen molar-refractivity contribution in [2.75, 3.05) is 7.11 Å². The predicted octanol–water partition coefficient (Wildman–Crippen LogP) is 2.37. The van der Waals surface area contributed by atoms with Crippen molar-refractivity contribution in [1.82, 2.24) is 0 Å². The molecule has 0 aromatic carbocycles. The molecule has 0 amide bonds. The van der Waals surface area contributed by atoms with Gasteiger partial charge in [-0.15, -0.1) is 11.3 Å². The van der Waals surface area contributed by atoms with Gasteiger partial charge in [-0.05, 0) is 18.6 Å². The molecule has 0 saturated heterocycles. The van der Waals surface area contributed by atoms with Crippen LogP contribution in [0.3, 0.4) is 0 Å². The standard InChI is InChI=1S/C9H12O2S/c1-6(2)9(10)8-4-7(11-3)5-12-8/h4-5,9-10H,1H2,2-3H3. The Morgan fingerprint density at radius 2 is 2.42 bits per heavy atom. The van der Waals surface area contributed by atoms with E-state index in [1.165, 1.54) is 11.3 Å². The summed E-state index contributed by atoms with van der Waals surface area (Å²) in [5.74, 6) is 0.787. The fourth-order valence-electron chi connectivity index (χ4n) is 0.828. The minimum Gasteiger partial charge on any atom is -0.496 e. The Labute approximate surface area is 76.1 Å². The highest BCUT2D eigenvalue weighted by Gasteiger charge is 2.10. The van der Waals surface area contributed by atoms with Gasteiger partial charge in [-0.1, -0.05) is 6.58 Å². The summed E-state index contributed by atoms with van der Waals surface area (Å²) in [4.78, 5) is 0.874. The zero-order valence-electron chi connectivity index (χ0n) is 7.20. The smallest absolute Gasteiger partial charge is 0.129 e. The van der Waals surface area contributed by atoms with Gasteiger partial charge in [-0.2, -0.15) is 0 Å². The second kappa shape index (κ2) is 3.74. The summed E-state index contributed by atoms with van der Waals surface area (Å²) < 4.78 is 4.99. The number of ether oxygens (including phenoxy) is 1. The fourth-order valence-corrected chi connectivity index (χ4v) is 1.76. The number of aliphatic hydroxyl groups excluding tert-OH is 1. The lowest BCUT2D eigenvalue weighted by Gasteiger charge is -2.05. The maximum Gasteiger partial charge on any atom is 0.129 e. The maximum absolute atomic E-state index is 9.56. The number of aliphatic hydroxyl groups is 1. The first-order valence-corrected chi connectivity index (χ1v) is 4.49. The predicted molar refractivity (Wildman–Crippen MR) is 50.6 cm³/mol. The van der Waals surface area contributed by atoms with Crippen LogP contribution in [0.2, 0.25) is 0 Å². The molecule has 0 aliphatic rings. The number of hydrogen-bond acceptors (Lipinski definition) is 3. The van der Waals surface area contributed by atoms with Crippen LogP contribution >= 0.6 is 11.3 Å². The molecule has 1 aromatic heterocycles. The van der Waals surface area contributed by atoms with Crippen molar-refractivity contribution in [3.8, 4) is 5.75 Å². The molecule has 12 heavy (non-hydrogen) atoms. The minimum atomic E-state index is -0.557. The van der Waals surface area contributed by atoms with Crippen LogP contribution in [-0.4, -0.2) is 12.2 Å². The molecule has 0 fully saturated rings. The summed E-state index contributed by atoms with van der Waals surface area (Å²) in [6.07, 6.45) is -0.557. The molecule has 3 heteroatoms. The van der Waals surface area contributed by atoms with Crippen molar-refractivity contribution < 1.29 is 9.84 Å². The quantitative estimate of drug-likeness (QED) is 0.731. The topological polar surface area (TPSA) is 29.5 Å². The van der Waals surface area contributed by atoms with E-state index in [0.29, 0.717) is 0 Å². The Bertz CT molecular complexity index is 278. The van der Waals surface area contributed by atoms with Gasteiger partial charge in [-0.3, -0.25) is 0 Å². The van der Waals surface area contributed by atoms with Crippen LogP contribution in [-0.2, 0) is 0 Å². The average Bonchev–Trinajstić information content (AvgIpc) is 2.50. The van der Waals surface area contributed by atoms with Crippen LogP contribution in [0.25, 0.3) is 0 Å². The molecule has 0 bridgehead atoms. The summed E-state index contributed by atoms with van der Waals surface area (Å²) in [6.45, 7) is 5.48. The second-order valence-corrected chi connectivity index (χ2v) is 3.58. The van der Waals surface area contributed by atoms with Gasteiger partial charge < -0.3 is 9.84 Å². The van der Waals surface area contributed by atoms with Crippen molar-refractivity contribution in [3.63, 3.8) is 0 Å². The first kappa shape index (κ1) is 9.29. The van der Waals surface area contributed by atoms with E-state index in [1.54, 1.807) is 14.0 Å². The molecule has 0 aliphatic carbocycles. The van der Waals surface area contributed by atoms with Gasteiger partial charge in [0.15, 0.2) is 0 Å². The van der Waals surface area contributed by atoms with Crippen LogP contribution in [0, 0.1) is 0 Å². The van der Waals surface area contributed by atoms with Crippen LogP contribution < -0.4 is 4.74 Å². The molecule has 2 nitrogen and oxygen atoms in total. The molecule has 1 aromatic rings. The zero-order chi connectivity index (χ0) is 9.14. The van der Waals surface area contributed by atoms with Crippen LogP contribution in [0.15, 0.2) is 23.6 Å². The van der Waals surface area contributed by atoms with E-state index in [0.717, 1.165) is 16.2 Å². The van der Waals surface area contributed by atoms with Gasteiger partial charge in [0.1, 0.15) is 11.9 Å². The summed E-state index contributed by atoms with van der Waals surface area (Å²) in [7, 11) is 1.61. The van der Waals surface area contributed by atoms with E-state index < -0.39 is 6.10 Å². The summed E-state index contributed by atoms with van der Waals surface area (Å²) in [5, 5.41) is 11.4. The number of methoxy groups -OCH3 is 1. The Morgan fingerprint density at radius 1 is 1.75 bits per heavy atom. The maximum atomic E-state index is 9.56. The molecule has 0 aliphatic heterocycles. The molecule has 1 heterocycles. The van der Waals surface area contributed by atoms with Crippen molar-refractivity contribution in [3.05, 3.63) is 28.5 Å². The molecule has 1 atom stereocenters. The first-order valence-electron chi connectivity index (χ1n) is 3.61. The van der Waals surface area contributed by atoms with Crippen LogP contribution in [0.4, 0.5) is 0 Å². The van der Waals surface area contributed by atoms with Gasteiger partial charge in [-0.25, -0.2) is 0 Å². The molecule has 1 rings (SSSR count). The van der Waals surface area contributed by atoms with Crippen molar-refractivity contribution >= 4 is 11.3 Å². The molecule has 0 saturated carbocycles. The third-order valence-corrected chi connectivity index (χ3v) is 2.53. The Kier molecular flexibility index (Phi) is 2.89. The molecule has 1 N–H and O–H groups in total. The third kappa shape index (κ3) is 1.87. The molecular weight excluding hydrogens is 172 g/mol. The Hall–Kier alpha value is -0.800. The van der Waals surface area contributed by atoms with E-state index in [9.17, 15) is 5.11 Å². The van der Waals surface area contributed by atoms with Gasteiger partial charge >= 0.3 is 0 Å². The highest BCUT2D eigenvalue weighted by molar-refractivity contribution is 7.10. The number of thiophene rings is 1. The Balaban J connectivity index is 2.81. The van der Waals surface area contributed by atoms with Gasteiger partial charge in [0.2, 0.25) is 0 Å². The lowest BCUT2D eigenvalue weighted by molar-refractivity contribution is 0.220. The molecule has 0 spiro atoms. The molecular formula is C9H12O2S. The van der Waals surface area contributed by atoms with Crippen LogP contribution in [0.5, 0.6) is 5.75 Å². The first-order chi connectivity index (χ1) is 5.65. The molecule has 1 unspecified atom stereocenters. The lowest BCUT2D eigenvalue weighted by Crippen LogP contribution is -1.93. The summed E-state index contributed by atoms with van der Waals surface area (Å²) in [5.41, 5.74) is 0.750. The minimum absolute atomic E-state index is 0.557. The highest BCUT2D eigenvalue weighted by Crippen LogP contribution is 2.29. The Morgan fingerprint density at radius 3 is 2.83 bits per heavy atom. The normalized spacial score (nSPS) is 12.6. The van der Waals surface area contributed by atoms with Crippen molar-refractivity contribution in [2.24, 2.45) is 0 Å². The van der Waals surface area contributed by atoms with Gasteiger partial charge in [0.25, 0.3) is 0 Å². The van der Waals surface area contributed by atoms with Crippen LogP contribution in [0.1, 0.15) is 17.9 Å². The summed E-state index contributed by atoms with van der Waals surface area (Å²) in [6, 6.07) is 1.82. The van der Waals surface area contributed by atoms with Gasteiger partial charge in [0, 0.05) is 10.3 Å². The zero-order valence-corrected chi connectivity index (χ0v) is 8.02. The highest BCUT2D eigenvalue weighted by atomic mass is 32.1. The van der Waals surface area contributed by atoms with E-state index >= 15 is 0 Å². The van der Waals surface area contributed by atoms with Crippen molar-refractivity contribution in [2.45, 2.75) is 13.0 Å². The summed E-state index contributed by atoms with van der Waals surface area (Å²) >= 11 is 1.47. The molecule has 66 valence electrons. The SMILES string of the molecule is C=C(C)C(O)c1cc(OC)cs1. The lowest BCUT2D eigenvalue weighted by atomic mass is 10.2. The molecule has 0 radical (unpaired) electrons. The van der Waals surface area contributed by atoms with E-state index in [1.807, 2.05) is 11.4 Å². The second-order valence-electron chi connectivity index (χ2n) is 2.64. The van der Waals surface area contributed by atoms with Gasteiger partial charge in [0.05, 0.1) is 7.11 Å². The van der Waals surface area contributed by atoms with E-state index in [2.05, 4.69) is 6.58 Å². The third-order valence-electron chi connectivity index (χ3n) is 1.57. The fraction of sp³-hybridized carbons (Fsp3) is 0.333. The number of hydrogen-bond donors (Lipinski definition) is 1. The van der Waals surface area contributed by atoms with Crippen molar-refractivity contribution in [1.29, 1.82) is 0 Å².